The molecule has 0 radical (unpaired) electrons. The summed E-state index contributed by atoms with van der Waals surface area (Å²) in [6, 6.07) is 17.4. The predicted molar refractivity (Wildman–Crippen MR) is 118 cm³/mol. The van der Waals surface area contributed by atoms with Crippen molar-refractivity contribution in [2.75, 3.05) is 16.8 Å². The molecule has 31 heavy (non-hydrogen) atoms. The number of Topliss-reactive ketones (excluding diaryl/α,β-unsaturated/α-hetero) is 1. The number of hydrogen-bond acceptors (Lipinski definition) is 5. The number of allylic oxidation sites excluding steroid dienone is 1. The quantitative estimate of drug-likeness (QED) is 0.778. The predicted octanol–water partition coefficient (Wildman–Crippen LogP) is 3.43. The molecule has 2 heterocycles. The van der Waals surface area contributed by atoms with Gasteiger partial charge < -0.3 is 10.6 Å². The Bertz CT molecular complexity index is 1250. The summed E-state index contributed by atoms with van der Waals surface area (Å²) in [5.74, 6) is -0.199. The third kappa shape index (κ3) is 2.32. The van der Waals surface area contributed by atoms with E-state index in [2.05, 4.69) is 6.07 Å². The van der Waals surface area contributed by atoms with Crippen LogP contribution in [0.4, 0.5) is 11.4 Å². The Labute approximate surface area is 180 Å². The number of rotatable bonds is 1. The molecule has 1 spiro atoms. The van der Waals surface area contributed by atoms with E-state index in [4.69, 9.17) is 5.73 Å². The third-order valence-corrected chi connectivity index (χ3v) is 6.60. The van der Waals surface area contributed by atoms with Crippen molar-refractivity contribution in [1.29, 1.82) is 5.26 Å². The standard InChI is InChI=1S/C25H22N4O2/c1-15-10-12-16(13-11-15)29-20-8-5-9-21(30)22(20)25(18(14-26)23(29)27)17-6-3-4-7-19(17)28(2)24(25)31/h3-4,6-7,10-13H,5,8-9,27H2,1-2H3/t25-/m0/s1. The van der Waals surface area contributed by atoms with Gasteiger partial charge in [0.15, 0.2) is 5.78 Å². The molecular formula is C25H22N4O2. The fraction of sp³-hybridized carbons (Fsp3) is 0.240. The zero-order valence-electron chi connectivity index (χ0n) is 17.5. The van der Waals surface area contributed by atoms with Crippen LogP contribution in [0.25, 0.3) is 0 Å². The minimum absolute atomic E-state index is 0.0999. The van der Waals surface area contributed by atoms with Gasteiger partial charge in [0.05, 0.1) is 5.57 Å². The smallest absolute Gasteiger partial charge is 0.247 e. The molecule has 0 bridgehead atoms. The molecule has 1 atom stereocenters. The highest BCUT2D eigenvalue weighted by atomic mass is 16.2. The second-order valence-corrected chi connectivity index (χ2v) is 8.27. The van der Waals surface area contributed by atoms with Crippen LogP contribution in [0.15, 0.2) is 71.2 Å². The molecule has 6 nitrogen and oxygen atoms in total. The van der Waals surface area contributed by atoms with E-state index in [1.54, 1.807) is 11.9 Å². The molecule has 2 aromatic carbocycles. The summed E-state index contributed by atoms with van der Waals surface area (Å²) in [5.41, 5.74) is 9.60. The Kier molecular flexibility index (Phi) is 4.06. The van der Waals surface area contributed by atoms with Crippen molar-refractivity contribution in [3.63, 3.8) is 0 Å². The van der Waals surface area contributed by atoms with Gasteiger partial charge >= 0.3 is 0 Å². The molecule has 5 rings (SSSR count). The van der Waals surface area contributed by atoms with E-state index in [1.807, 2.05) is 55.5 Å². The largest absolute Gasteiger partial charge is 0.384 e. The number of nitrogens with two attached hydrogens (primary N) is 1. The number of benzene rings is 2. The van der Waals surface area contributed by atoms with E-state index >= 15 is 0 Å². The number of nitrogens with zero attached hydrogens (tertiary/aromatic N) is 3. The number of hydrogen-bond donors (Lipinski definition) is 1. The average Bonchev–Trinajstić information content (AvgIpc) is 2.98. The Hall–Kier alpha value is -3.85. The van der Waals surface area contributed by atoms with Crippen LogP contribution >= 0.6 is 0 Å². The highest BCUT2D eigenvalue weighted by Crippen LogP contribution is 2.56. The average molecular weight is 410 g/mol. The van der Waals surface area contributed by atoms with E-state index in [9.17, 15) is 14.9 Å². The summed E-state index contributed by atoms with van der Waals surface area (Å²) in [7, 11) is 1.68. The lowest BCUT2D eigenvalue weighted by Gasteiger charge is -2.43. The number of carbonyl (C=O) groups excluding carboxylic acids is 2. The summed E-state index contributed by atoms with van der Waals surface area (Å²) in [6.07, 6.45) is 1.63. The fourth-order valence-electron chi connectivity index (χ4n) is 5.22. The Morgan fingerprint density at radius 1 is 1.06 bits per heavy atom. The van der Waals surface area contributed by atoms with Gasteiger partial charge in [-0.3, -0.25) is 14.5 Å². The summed E-state index contributed by atoms with van der Waals surface area (Å²) >= 11 is 0. The molecule has 2 aromatic rings. The van der Waals surface area contributed by atoms with Crippen LogP contribution in [0.1, 0.15) is 30.4 Å². The normalized spacial score (nSPS) is 22.7. The van der Waals surface area contributed by atoms with E-state index < -0.39 is 5.41 Å². The molecule has 1 amide bonds. The van der Waals surface area contributed by atoms with Crippen molar-refractivity contribution in [3.8, 4) is 6.07 Å². The van der Waals surface area contributed by atoms with Gasteiger partial charge in [0, 0.05) is 41.7 Å². The maximum absolute atomic E-state index is 13.8. The Balaban J connectivity index is 1.89. The SMILES string of the molecule is Cc1ccc(N2C(N)=C(C#N)[C@]3(C(=O)N(C)c4ccccc43)C3=C2CCCC3=O)cc1. The van der Waals surface area contributed by atoms with E-state index in [0.29, 0.717) is 36.1 Å². The lowest BCUT2D eigenvalue weighted by molar-refractivity contribution is -0.124. The van der Waals surface area contributed by atoms with Crippen LogP contribution in [-0.4, -0.2) is 18.7 Å². The van der Waals surface area contributed by atoms with Crippen molar-refractivity contribution >= 4 is 23.1 Å². The zero-order chi connectivity index (χ0) is 21.9. The Morgan fingerprint density at radius 3 is 2.48 bits per heavy atom. The lowest BCUT2D eigenvalue weighted by atomic mass is 9.64. The number of carbonyl (C=O) groups is 2. The van der Waals surface area contributed by atoms with Gasteiger partial charge in [-0.1, -0.05) is 35.9 Å². The van der Waals surface area contributed by atoms with Gasteiger partial charge in [-0.2, -0.15) is 5.26 Å². The number of fused-ring (bicyclic) bond motifs is 3. The van der Waals surface area contributed by atoms with Crippen molar-refractivity contribution in [3.05, 3.63) is 82.3 Å². The van der Waals surface area contributed by atoms with E-state index in [0.717, 1.165) is 16.9 Å². The summed E-state index contributed by atoms with van der Waals surface area (Å²) in [4.78, 5) is 30.6. The number of aryl methyl sites for hydroxylation is 1. The highest BCUT2D eigenvalue weighted by molar-refractivity contribution is 6.20. The second-order valence-electron chi connectivity index (χ2n) is 8.27. The molecule has 0 aromatic heterocycles. The summed E-state index contributed by atoms with van der Waals surface area (Å²) in [5, 5.41) is 10.3. The first-order chi connectivity index (χ1) is 14.9. The minimum Gasteiger partial charge on any atom is -0.384 e. The Morgan fingerprint density at radius 2 is 1.77 bits per heavy atom. The maximum atomic E-state index is 13.8. The molecule has 2 N–H and O–H groups in total. The third-order valence-electron chi connectivity index (χ3n) is 6.60. The topological polar surface area (TPSA) is 90.4 Å². The molecule has 0 unspecified atom stereocenters. The van der Waals surface area contributed by atoms with Gasteiger partial charge in [-0.25, -0.2) is 0 Å². The molecule has 1 aliphatic carbocycles. The van der Waals surface area contributed by atoms with Crippen LogP contribution in [0.2, 0.25) is 0 Å². The van der Waals surface area contributed by atoms with Gasteiger partial charge in [-0.15, -0.1) is 0 Å². The number of anilines is 2. The first kappa shape index (κ1) is 19.1. The van der Waals surface area contributed by atoms with Crippen LogP contribution in [-0.2, 0) is 15.0 Å². The van der Waals surface area contributed by atoms with Crippen LogP contribution in [0.3, 0.4) is 0 Å². The molecule has 3 aliphatic rings. The van der Waals surface area contributed by atoms with Crippen molar-refractivity contribution in [1.82, 2.24) is 0 Å². The van der Waals surface area contributed by atoms with Gasteiger partial charge in [-0.05, 0) is 38.0 Å². The molecule has 154 valence electrons. The molecule has 0 fully saturated rings. The number of amides is 1. The minimum atomic E-state index is -1.49. The van der Waals surface area contributed by atoms with Crippen LogP contribution in [0.5, 0.6) is 0 Å². The van der Waals surface area contributed by atoms with Crippen molar-refractivity contribution in [2.45, 2.75) is 31.6 Å². The number of ketones is 1. The number of nitriles is 1. The van der Waals surface area contributed by atoms with Crippen molar-refractivity contribution < 1.29 is 9.59 Å². The van der Waals surface area contributed by atoms with Crippen LogP contribution < -0.4 is 15.5 Å². The lowest BCUT2D eigenvalue weighted by Crippen LogP contribution is -2.52. The fourth-order valence-corrected chi connectivity index (χ4v) is 5.22. The summed E-state index contributed by atoms with van der Waals surface area (Å²) < 4.78 is 0. The van der Waals surface area contributed by atoms with Crippen LogP contribution in [0, 0.1) is 18.3 Å². The number of likely N-dealkylation sites (N-methyl/N-ethyl adjacent to an activating group) is 1. The van der Waals surface area contributed by atoms with Gasteiger partial charge in [0.25, 0.3) is 0 Å². The van der Waals surface area contributed by atoms with E-state index in [1.165, 1.54) is 4.90 Å². The molecule has 0 saturated heterocycles. The number of para-hydroxylation sites is 1. The maximum Gasteiger partial charge on any atom is 0.247 e. The zero-order valence-corrected chi connectivity index (χ0v) is 17.5. The van der Waals surface area contributed by atoms with Gasteiger partial charge in [0.2, 0.25) is 5.91 Å². The van der Waals surface area contributed by atoms with Crippen molar-refractivity contribution in [2.24, 2.45) is 5.73 Å². The van der Waals surface area contributed by atoms with Gasteiger partial charge in [0.1, 0.15) is 17.3 Å². The molecular weight excluding hydrogens is 388 g/mol. The first-order valence-electron chi connectivity index (χ1n) is 10.3. The monoisotopic (exact) mass is 410 g/mol. The summed E-state index contributed by atoms with van der Waals surface area (Å²) in [6.45, 7) is 1.99. The first-order valence-corrected chi connectivity index (χ1v) is 10.3. The molecule has 6 heteroatoms. The second kappa shape index (κ2) is 6.58. The molecule has 0 saturated carbocycles. The van der Waals surface area contributed by atoms with E-state index in [-0.39, 0.29) is 23.1 Å². The molecule has 2 aliphatic heterocycles. The highest BCUT2D eigenvalue weighted by Gasteiger charge is 2.61.